The van der Waals surface area contributed by atoms with Crippen LogP contribution >= 0.6 is 7.82 Å². The summed E-state index contributed by atoms with van der Waals surface area (Å²) in [5, 5.41) is 12.3. The van der Waals surface area contributed by atoms with Crippen molar-refractivity contribution in [3.63, 3.8) is 0 Å². The Hall–Kier alpha value is -3.25. The number of aromatic nitrogens is 5. The molecule has 13 nitrogen and oxygen atoms in total. The number of phosphoric ester groups is 1. The fourth-order valence-electron chi connectivity index (χ4n) is 4.89. The smallest absolute Gasteiger partial charge is 0.442 e. The van der Waals surface area contributed by atoms with Gasteiger partial charge in [0.05, 0.1) is 49.9 Å². The number of carbonyl (C=O) groups excluding carboxylic acids is 1. The van der Waals surface area contributed by atoms with Crippen molar-refractivity contribution in [2.75, 3.05) is 16.4 Å². The van der Waals surface area contributed by atoms with E-state index in [0.29, 0.717) is 26.1 Å². The van der Waals surface area contributed by atoms with Gasteiger partial charge in [-0.3, -0.25) is 14.1 Å². The molecule has 178 valence electrons. The van der Waals surface area contributed by atoms with Crippen molar-refractivity contribution >= 4 is 25.3 Å². The summed E-state index contributed by atoms with van der Waals surface area (Å²) in [6.45, 7) is 1.92. The van der Waals surface area contributed by atoms with Crippen molar-refractivity contribution in [3.8, 4) is 0 Å². The topological polar surface area (TPSA) is 148 Å². The number of hydrogen-bond donors (Lipinski definition) is 2. The van der Waals surface area contributed by atoms with Gasteiger partial charge in [-0.15, -0.1) is 5.10 Å². The molecule has 0 spiro atoms. The Labute approximate surface area is 193 Å². The summed E-state index contributed by atoms with van der Waals surface area (Å²) in [6.07, 6.45) is 5.32. The molecule has 1 aromatic carbocycles. The minimum absolute atomic E-state index is 0.0732. The number of rotatable bonds is 7. The lowest BCUT2D eigenvalue weighted by Gasteiger charge is -2.20. The molecule has 34 heavy (non-hydrogen) atoms. The summed E-state index contributed by atoms with van der Waals surface area (Å²) in [4.78, 5) is 34.1. The number of cyclic esters (lactones) is 1. The predicted molar refractivity (Wildman–Crippen MR) is 117 cm³/mol. The predicted octanol–water partition coefficient (Wildman–Crippen LogP) is 1.05. The summed E-state index contributed by atoms with van der Waals surface area (Å²) in [7, 11) is -4.48. The van der Waals surface area contributed by atoms with Gasteiger partial charge in [-0.25, -0.2) is 14.0 Å². The average molecular weight is 487 g/mol. The first-order chi connectivity index (χ1) is 16.3. The fourth-order valence-corrected chi connectivity index (χ4v) is 5.21. The molecule has 3 aromatic rings. The molecule has 6 rings (SSSR count). The Morgan fingerprint density at radius 1 is 1.21 bits per heavy atom. The molecule has 2 aromatic heterocycles. The van der Waals surface area contributed by atoms with Crippen molar-refractivity contribution in [3.05, 3.63) is 53.6 Å². The van der Waals surface area contributed by atoms with Crippen LogP contribution in [0.15, 0.2) is 36.8 Å². The van der Waals surface area contributed by atoms with E-state index in [-0.39, 0.29) is 31.4 Å². The van der Waals surface area contributed by atoms with Crippen LogP contribution in [0.4, 0.5) is 16.2 Å². The van der Waals surface area contributed by atoms with Crippen molar-refractivity contribution < 1.29 is 28.4 Å². The van der Waals surface area contributed by atoms with Crippen LogP contribution in [-0.2, 0) is 46.4 Å². The number of amides is 1. The number of anilines is 2. The van der Waals surface area contributed by atoms with Crippen LogP contribution in [0.2, 0.25) is 0 Å². The zero-order valence-corrected chi connectivity index (χ0v) is 18.9. The molecule has 2 atom stereocenters. The summed E-state index contributed by atoms with van der Waals surface area (Å²) in [6, 6.07) is 6.03. The fraction of sp³-hybridized carbons (Fsp3) is 0.400. The molecule has 1 amide bonds. The third kappa shape index (κ3) is 3.86. The van der Waals surface area contributed by atoms with Crippen LogP contribution in [0.1, 0.15) is 16.8 Å². The second-order valence-corrected chi connectivity index (χ2v) is 9.79. The Morgan fingerprint density at radius 3 is 2.85 bits per heavy atom. The number of carbonyl (C=O) groups is 1. The summed E-state index contributed by atoms with van der Waals surface area (Å²) >= 11 is 0. The zero-order valence-electron chi connectivity index (χ0n) is 18.0. The Bertz CT molecular complexity index is 1270. The average Bonchev–Trinajstić information content (AvgIpc) is 3.55. The second kappa shape index (κ2) is 7.91. The monoisotopic (exact) mass is 487 g/mol. The summed E-state index contributed by atoms with van der Waals surface area (Å²) in [5.74, 6) is 0. The highest BCUT2D eigenvalue weighted by molar-refractivity contribution is 7.46. The standard InChI is InChI=1S/C20H22N7O6P/c28-20-27-17-2-1-15(7-13(17)8-18(27)19(33-20)12-26-4-3-21-23-26)24-9-14-10-25(22-16(14)11-24)5-6-32-34(29,30)31/h1-4,7,10,18-19H,5-6,8-9,11-12H2,(H2,29,30,31)/t18?,19-/m0/s1. The highest BCUT2D eigenvalue weighted by Crippen LogP contribution is 2.41. The maximum atomic E-state index is 12.6. The number of ether oxygens (including phenoxy) is 1. The largest absolute Gasteiger partial charge is 0.469 e. The lowest BCUT2D eigenvalue weighted by molar-refractivity contribution is 0.117. The van der Waals surface area contributed by atoms with Gasteiger partial charge in [0, 0.05) is 30.2 Å². The highest BCUT2D eigenvalue weighted by atomic mass is 31.2. The van der Waals surface area contributed by atoms with Gasteiger partial charge in [0.15, 0.2) is 0 Å². The van der Waals surface area contributed by atoms with Gasteiger partial charge >= 0.3 is 13.9 Å². The van der Waals surface area contributed by atoms with Crippen LogP contribution in [0.25, 0.3) is 0 Å². The summed E-state index contributed by atoms with van der Waals surface area (Å²) < 4.78 is 24.2. The first-order valence-corrected chi connectivity index (χ1v) is 12.3. The molecule has 3 aliphatic rings. The lowest BCUT2D eigenvalue weighted by Crippen LogP contribution is -2.35. The second-order valence-electron chi connectivity index (χ2n) is 8.55. The van der Waals surface area contributed by atoms with Crippen LogP contribution in [-0.4, -0.2) is 59.4 Å². The minimum atomic E-state index is -4.48. The van der Waals surface area contributed by atoms with E-state index in [9.17, 15) is 9.36 Å². The number of benzene rings is 1. The molecular formula is C20H22N7O6P. The van der Waals surface area contributed by atoms with E-state index in [4.69, 9.17) is 14.5 Å². The van der Waals surface area contributed by atoms with Crippen molar-refractivity contribution in [2.45, 2.75) is 44.7 Å². The number of hydrogen-bond acceptors (Lipinski definition) is 8. The quantitative estimate of drug-likeness (QED) is 0.463. The molecule has 0 aliphatic carbocycles. The van der Waals surface area contributed by atoms with Crippen LogP contribution in [0.3, 0.4) is 0 Å². The van der Waals surface area contributed by atoms with Gasteiger partial charge in [-0.2, -0.15) is 5.10 Å². The van der Waals surface area contributed by atoms with Crippen LogP contribution in [0, 0.1) is 0 Å². The maximum Gasteiger partial charge on any atom is 0.469 e. The number of fused-ring (bicyclic) bond motifs is 4. The minimum Gasteiger partial charge on any atom is -0.442 e. The van der Waals surface area contributed by atoms with Crippen LogP contribution < -0.4 is 9.80 Å². The molecule has 1 fully saturated rings. The van der Waals surface area contributed by atoms with Crippen molar-refractivity contribution in [1.29, 1.82) is 0 Å². The maximum absolute atomic E-state index is 12.6. The number of nitrogens with zero attached hydrogens (tertiary/aromatic N) is 7. The summed E-state index contributed by atoms with van der Waals surface area (Å²) in [5.41, 5.74) is 5.02. The molecule has 0 bridgehead atoms. The molecule has 0 saturated carbocycles. The molecule has 0 radical (unpaired) electrons. The normalized spacial score (nSPS) is 21.1. The zero-order chi connectivity index (χ0) is 23.4. The lowest BCUT2D eigenvalue weighted by atomic mass is 10.0. The third-order valence-electron chi connectivity index (χ3n) is 6.37. The van der Waals surface area contributed by atoms with E-state index in [2.05, 4.69) is 30.9 Å². The Morgan fingerprint density at radius 2 is 2.09 bits per heavy atom. The Balaban J connectivity index is 1.13. The molecule has 1 unspecified atom stereocenters. The molecule has 3 aliphatic heterocycles. The van der Waals surface area contributed by atoms with E-state index >= 15 is 0 Å². The van der Waals surface area contributed by atoms with Crippen LogP contribution in [0.5, 0.6) is 0 Å². The van der Waals surface area contributed by atoms with Gasteiger partial charge in [0.2, 0.25) is 0 Å². The van der Waals surface area contributed by atoms with Gasteiger partial charge in [-0.05, 0) is 30.2 Å². The first kappa shape index (κ1) is 21.3. The van der Waals surface area contributed by atoms with E-state index in [1.165, 1.54) is 0 Å². The van der Waals surface area contributed by atoms with E-state index in [1.54, 1.807) is 26.7 Å². The van der Waals surface area contributed by atoms with E-state index in [1.807, 2.05) is 18.3 Å². The molecule has 5 heterocycles. The molecule has 1 saturated heterocycles. The molecular weight excluding hydrogens is 465 g/mol. The SMILES string of the molecule is O=C1O[C@@H](Cn2ccnn2)C2Cc3cc(N4Cc5cn(CCOP(=O)(O)O)nc5C4)ccc3N12. The van der Waals surface area contributed by atoms with E-state index in [0.717, 1.165) is 28.2 Å². The van der Waals surface area contributed by atoms with Crippen molar-refractivity contribution in [2.24, 2.45) is 0 Å². The van der Waals surface area contributed by atoms with Gasteiger partial charge < -0.3 is 19.4 Å². The highest BCUT2D eigenvalue weighted by Gasteiger charge is 2.47. The molecule has 2 N–H and O–H groups in total. The third-order valence-corrected chi connectivity index (χ3v) is 6.89. The Kier molecular flexibility index (Phi) is 4.96. The van der Waals surface area contributed by atoms with Crippen molar-refractivity contribution in [1.82, 2.24) is 24.8 Å². The van der Waals surface area contributed by atoms with Gasteiger partial charge in [-0.1, -0.05) is 5.21 Å². The number of phosphoric acid groups is 1. The van der Waals surface area contributed by atoms with E-state index < -0.39 is 7.82 Å². The van der Waals surface area contributed by atoms with Gasteiger partial charge in [0.25, 0.3) is 0 Å². The first-order valence-electron chi connectivity index (χ1n) is 10.8. The molecule has 14 heteroatoms. The van der Waals surface area contributed by atoms with Gasteiger partial charge in [0.1, 0.15) is 6.10 Å².